The number of nitrogens with zero attached hydrogens (tertiary/aromatic N) is 3. The normalized spacial score (nSPS) is 16.7. The minimum absolute atomic E-state index is 0.539. The van der Waals surface area contributed by atoms with E-state index in [0.29, 0.717) is 12.0 Å². The molecule has 4 nitrogen and oxygen atoms in total. The van der Waals surface area contributed by atoms with Gasteiger partial charge in [-0.3, -0.25) is 0 Å². The monoisotopic (exact) mass is 242 g/mol. The zero-order chi connectivity index (χ0) is 12.2. The zero-order valence-electron chi connectivity index (χ0n) is 10.4. The highest BCUT2D eigenvalue weighted by atomic mass is 15.4. The molecule has 1 aliphatic carbocycles. The molecule has 4 heteroatoms. The quantitative estimate of drug-likeness (QED) is 0.895. The van der Waals surface area contributed by atoms with Crippen LogP contribution in [0.25, 0.3) is 0 Å². The van der Waals surface area contributed by atoms with Crippen LogP contribution in [0.3, 0.4) is 0 Å². The Kier molecular flexibility index (Phi) is 3.26. The molecule has 94 valence electrons. The Balaban J connectivity index is 1.69. The summed E-state index contributed by atoms with van der Waals surface area (Å²) in [6.45, 7) is 0. The van der Waals surface area contributed by atoms with Gasteiger partial charge in [0.05, 0.1) is 6.04 Å². The number of benzene rings is 1. The van der Waals surface area contributed by atoms with Crippen LogP contribution in [0.2, 0.25) is 0 Å². The molecule has 0 radical (unpaired) electrons. The number of aromatic nitrogens is 3. The van der Waals surface area contributed by atoms with Crippen LogP contribution in [0.1, 0.15) is 38.1 Å². The molecule has 3 rings (SSSR count). The van der Waals surface area contributed by atoms with Gasteiger partial charge in [0, 0.05) is 5.69 Å². The number of anilines is 2. The lowest BCUT2D eigenvalue weighted by Gasteiger charge is -2.21. The molecule has 1 saturated carbocycles. The van der Waals surface area contributed by atoms with Crippen molar-refractivity contribution in [2.75, 3.05) is 5.32 Å². The van der Waals surface area contributed by atoms with E-state index in [0.717, 1.165) is 5.69 Å². The molecule has 0 saturated heterocycles. The molecule has 0 aliphatic heterocycles. The number of nitrogens with one attached hydrogen (secondary N) is 1. The van der Waals surface area contributed by atoms with Crippen LogP contribution in [0, 0.1) is 0 Å². The van der Waals surface area contributed by atoms with Crippen LogP contribution in [0.15, 0.2) is 36.7 Å². The SMILES string of the molecule is c1ccc(Nc2ncn(C3CCCCC3)n2)cc1. The minimum Gasteiger partial charge on any atom is -0.323 e. The molecule has 1 fully saturated rings. The molecule has 0 bridgehead atoms. The van der Waals surface area contributed by atoms with Crippen molar-refractivity contribution in [2.24, 2.45) is 0 Å². The van der Waals surface area contributed by atoms with E-state index in [2.05, 4.69) is 15.4 Å². The molecule has 1 heterocycles. The van der Waals surface area contributed by atoms with Gasteiger partial charge in [-0.2, -0.15) is 0 Å². The van der Waals surface area contributed by atoms with Crippen LogP contribution in [-0.4, -0.2) is 14.8 Å². The van der Waals surface area contributed by atoms with Gasteiger partial charge < -0.3 is 5.32 Å². The largest absolute Gasteiger partial charge is 0.323 e. The third-order valence-electron chi connectivity index (χ3n) is 3.49. The Morgan fingerprint density at radius 3 is 2.61 bits per heavy atom. The Bertz CT molecular complexity index is 486. The summed E-state index contributed by atoms with van der Waals surface area (Å²) >= 11 is 0. The molecular weight excluding hydrogens is 224 g/mol. The van der Waals surface area contributed by atoms with E-state index in [1.807, 2.05) is 41.3 Å². The summed E-state index contributed by atoms with van der Waals surface area (Å²) in [6.07, 6.45) is 8.29. The number of para-hydroxylation sites is 1. The number of hydrogen-bond donors (Lipinski definition) is 1. The molecule has 1 aromatic carbocycles. The fraction of sp³-hybridized carbons (Fsp3) is 0.429. The van der Waals surface area contributed by atoms with Gasteiger partial charge in [-0.15, -0.1) is 5.10 Å². The van der Waals surface area contributed by atoms with Gasteiger partial charge in [0.15, 0.2) is 0 Å². The smallest absolute Gasteiger partial charge is 0.246 e. The van der Waals surface area contributed by atoms with Gasteiger partial charge in [-0.05, 0) is 25.0 Å². The molecule has 1 N–H and O–H groups in total. The van der Waals surface area contributed by atoms with E-state index < -0.39 is 0 Å². The molecule has 18 heavy (non-hydrogen) atoms. The predicted molar refractivity (Wildman–Crippen MR) is 71.9 cm³/mol. The molecule has 0 amide bonds. The van der Waals surface area contributed by atoms with E-state index in [9.17, 15) is 0 Å². The molecule has 2 aromatic rings. The maximum absolute atomic E-state index is 4.52. The van der Waals surface area contributed by atoms with Gasteiger partial charge in [0.2, 0.25) is 5.95 Å². The summed E-state index contributed by atoms with van der Waals surface area (Å²) in [5.41, 5.74) is 1.03. The summed E-state index contributed by atoms with van der Waals surface area (Å²) in [5, 5.41) is 7.74. The maximum Gasteiger partial charge on any atom is 0.246 e. The second kappa shape index (κ2) is 5.21. The van der Waals surface area contributed by atoms with Crippen LogP contribution in [0.4, 0.5) is 11.6 Å². The highest BCUT2D eigenvalue weighted by Gasteiger charge is 2.16. The van der Waals surface area contributed by atoms with Gasteiger partial charge in [0.25, 0.3) is 0 Å². The van der Waals surface area contributed by atoms with Crippen molar-refractivity contribution in [3.05, 3.63) is 36.7 Å². The summed E-state index contributed by atoms with van der Waals surface area (Å²) in [7, 11) is 0. The second-order valence-corrected chi connectivity index (χ2v) is 4.83. The molecular formula is C14H18N4. The van der Waals surface area contributed by atoms with Crippen molar-refractivity contribution in [2.45, 2.75) is 38.1 Å². The zero-order valence-corrected chi connectivity index (χ0v) is 10.4. The van der Waals surface area contributed by atoms with Crippen molar-refractivity contribution < 1.29 is 0 Å². The fourth-order valence-electron chi connectivity index (χ4n) is 2.50. The van der Waals surface area contributed by atoms with E-state index in [1.165, 1.54) is 32.1 Å². The summed E-state index contributed by atoms with van der Waals surface area (Å²) in [5.74, 6) is 0.687. The van der Waals surface area contributed by atoms with E-state index in [-0.39, 0.29) is 0 Å². The molecule has 0 unspecified atom stereocenters. The third kappa shape index (κ3) is 2.53. The molecule has 1 aliphatic rings. The highest BCUT2D eigenvalue weighted by molar-refractivity contribution is 5.51. The highest BCUT2D eigenvalue weighted by Crippen LogP contribution is 2.27. The molecule has 1 aromatic heterocycles. The first-order valence-electron chi connectivity index (χ1n) is 6.65. The first kappa shape index (κ1) is 11.3. The van der Waals surface area contributed by atoms with Gasteiger partial charge in [0.1, 0.15) is 6.33 Å². The Hall–Kier alpha value is -1.84. The lowest BCUT2D eigenvalue weighted by Crippen LogP contribution is -2.13. The maximum atomic E-state index is 4.52. The number of rotatable bonds is 3. The van der Waals surface area contributed by atoms with Gasteiger partial charge >= 0.3 is 0 Å². The third-order valence-corrected chi connectivity index (χ3v) is 3.49. The lowest BCUT2D eigenvalue weighted by molar-refractivity contribution is 0.329. The van der Waals surface area contributed by atoms with Crippen molar-refractivity contribution in [3.8, 4) is 0 Å². The van der Waals surface area contributed by atoms with Crippen molar-refractivity contribution in [1.29, 1.82) is 0 Å². The average molecular weight is 242 g/mol. The van der Waals surface area contributed by atoms with Gasteiger partial charge in [-0.25, -0.2) is 9.67 Å². The van der Waals surface area contributed by atoms with Gasteiger partial charge in [-0.1, -0.05) is 37.5 Å². The Morgan fingerprint density at radius 2 is 1.83 bits per heavy atom. The predicted octanol–water partition coefficient (Wildman–Crippen LogP) is 3.53. The van der Waals surface area contributed by atoms with E-state index in [1.54, 1.807) is 0 Å². The summed E-state index contributed by atoms with van der Waals surface area (Å²) < 4.78 is 2.02. The minimum atomic E-state index is 0.539. The van der Waals surface area contributed by atoms with Crippen LogP contribution >= 0.6 is 0 Å². The summed E-state index contributed by atoms with van der Waals surface area (Å²) in [6, 6.07) is 10.6. The topological polar surface area (TPSA) is 42.7 Å². The van der Waals surface area contributed by atoms with E-state index >= 15 is 0 Å². The number of hydrogen-bond acceptors (Lipinski definition) is 3. The van der Waals surface area contributed by atoms with E-state index in [4.69, 9.17) is 0 Å². The first-order valence-corrected chi connectivity index (χ1v) is 6.65. The van der Waals surface area contributed by atoms with Crippen LogP contribution < -0.4 is 5.32 Å². The average Bonchev–Trinajstić information content (AvgIpc) is 2.89. The van der Waals surface area contributed by atoms with Crippen LogP contribution in [0.5, 0.6) is 0 Å². The first-order chi connectivity index (χ1) is 8.92. The Morgan fingerprint density at radius 1 is 1.06 bits per heavy atom. The van der Waals surface area contributed by atoms with Crippen LogP contribution in [-0.2, 0) is 0 Å². The Labute approximate surface area is 107 Å². The molecule has 0 spiro atoms. The summed E-state index contributed by atoms with van der Waals surface area (Å²) in [4.78, 5) is 4.33. The lowest BCUT2D eigenvalue weighted by atomic mass is 9.96. The second-order valence-electron chi connectivity index (χ2n) is 4.83. The van der Waals surface area contributed by atoms with Crippen molar-refractivity contribution >= 4 is 11.6 Å². The molecule has 0 atom stereocenters. The fourth-order valence-corrected chi connectivity index (χ4v) is 2.50. The van der Waals surface area contributed by atoms with Crippen molar-refractivity contribution in [3.63, 3.8) is 0 Å². The standard InChI is InChI=1S/C14H18N4/c1-3-7-12(8-4-1)16-14-15-11-18(17-14)13-9-5-2-6-10-13/h1,3-4,7-8,11,13H,2,5-6,9-10H2,(H,16,17). The van der Waals surface area contributed by atoms with Crippen molar-refractivity contribution in [1.82, 2.24) is 14.8 Å².